The number of piperazine rings is 1. The number of para-hydroxylation sites is 1. The molecule has 4 N–H and O–H groups in total. The zero-order chi connectivity index (χ0) is 35.6. The third kappa shape index (κ3) is 7.69. The fourth-order valence-corrected chi connectivity index (χ4v) is 8.58. The van der Waals surface area contributed by atoms with Crippen LogP contribution in [0.2, 0.25) is 5.02 Å². The molecule has 3 saturated heterocycles. The molecular formula is C36H46ClF3N6O4. The van der Waals surface area contributed by atoms with Crippen LogP contribution in [0.4, 0.5) is 29.3 Å². The zero-order valence-corrected chi connectivity index (χ0v) is 29.1. The molecule has 0 bridgehead atoms. The van der Waals surface area contributed by atoms with E-state index in [1.165, 1.54) is 11.0 Å². The van der Waals surface area contributed by atoms with Crippen molar-refractivity contribution in [1.29, 1.82) is 0 Å². The van der Waals surface area contributed by atoms with Gasteiger partial charge in [-0.05, 0) is 67.5 Å². The van der Waals surface area contributed by atoms with Crippen LogP contribution in [0.5, 0.6) is 0 Å². The minimum atomic E-state index is -4.77. The van der Waals surface area contributed by atoms with Crippen LogP contribution in [-0.4, -0.2) is 97.1 Å². The van der Waals surface area contributed by atoms with Crippen LogP contribution in [0, 0.1) is 5.92 Å². The van der Waals surface area contributed by atoms with Gasteiger partial charge in [-0.15, -0.1) is 0 Å². The average molecular weight is 719 g/mol. The molecule has 0 aliphatic carbocycles. The number of ether oxygens (including phenoxy) is 1. The lowest BCUT2D eigenvalue weighted by atomic mass is 9.68. The summed E-state index contributed by atoms with van der Waals surface area (Å²) in [6.07, 6.45) is -2.47. The molecule has 1 spiro atoms. The molecule has 4 heterocycles. The minimum Gasteiger partial charge on any atom is -0.436 e. The molecule has 2 aromatic carbocycles. The molecule has 2 unspecified atom stereocenters. The molecule has 3 fully saturated rings. The Morgan fingerprint density at radius 3 is 2.50 bits per heavy atom. The number of nitrogens with zero attached hydrogens (tertiary/aromatic N) is 3. The number of rotatable bonds is 7. The fraction of sp³-hybridized carbons (Fsp3) is 0.583. The van der Waals surface area contributed by atoms with Crippen molar-refractivity contribution in [3.63, 3.8) is 0 Å². The van der Waals surface area contributed by atoms with E-state index in [0.29, 0.717) is 70.5 Å². The summed E-state index contributed by atoms with van der Waals surface area (Å²) in [4.78, 5) is 45.9. The first-order chi connectivity index (χ1) is 23.9. The zero-order valence-electron chi connectivity index (χ0n) is 28.4. The number of nitrogens with one attached hydrogen (secondary N) is 2. The lowest BCUT2D eigenvalue weighted by molar-refractivity contribution is -0.143. The number of hydrogen-bond acceptors (Lipinski definition) is 7. The fourth-order valence-electron chi connectivity index (χ4n) is 8.34. The number of amides is 3. The van der Waals surface area contributed by atoms with Gasteiger partial charge in [0.25, 0.3) is 5.91 Å². The van der Waals surface area contributed by atoms with Crippen LogP contribution in [0.1, 0.15) is 62.1 Å². The van der Waals surface area contributed by atoms with Crippen LogP contribution in [0.3, 0.4) is 0 Å². The van der Waals surface area contributed by atoms with Crippen LogP contribution in [-0.2, 0) is 32.3 Å². The quantitative estimate of drug-likeness (QED) is 0.333. The molecule has 4 aliphatic rings. The highest BCUT2D eigenvalue weighted by Gasteiger charge is 2.44. The summed E-state index contributed by atoms with van der Waals surface area (Å²) < 4.78 is 47.4. The van der Waals surface area contributed by atoms with Crippen LogP contribution >= 0.6 is 11.6 Å². The highest BCUT2D eigenvalue weighted by Crippen LogP contribution is 2.45. The third-order valence-corrected chi connectivity index (χ3v) is 11.3. The van der Waals surface area contributed by atoms with Gasteiger partial charge in [-0.1, -0.05) is 43.1 Å². The summed E-state index contributed by atoms with van der Waals surface area (Å²) in [6.45, 7) is 6.78. The highest BCUT2D eigenvalue weighted by molar-refractivity contribution is 6.33. The van der Waals surface area contributed by atoms with Gasteiger partial charge in [0, 0.05) is 75.8 Å². The molecule has 4 aliphatic heterocycles. The van der Waals surface area contributed by atoms with Crippen LogP contribution < -0.4 is 16.4 Å². The van der Waals surface area contributed by atoms with Crippen LogP contribution in [0.15, 0.2) is 36.4 Å². The molecule has 0 radical (unpaired) electrons. The molecule has 0 saturated carbocycles. The van der Waals surface area contributed by atoms with Gasteiger partial charge >= 0.3 is 12.3 Å². The van der Waals surface area contributed by atoms with Gasteiger partial charge in [0.2, 0.25) is 5.91 Å². The second-order valence-corrected chi connectivity index (χ2v) is 14.5. The molecule has 3 atom stereocenters. The van der Waals surface area contributed by atoms with Crippen molar-refractivity contribution in [2.24, 2.45) is 5.92 Å². The Hall–Kier alpha value is -3.55. The number of nitrogens with two attached hydrogens (primary N) is 1. The lowest BCUT2D eigenvalue weighted by Crippen LogP contribution is -2.59. The maximum atomic E-state index is 14.1. The van der Waals surface area contributed by atoms with Crippen LogP contribution in [0.25, 0.3) is 0 Å². The summed E-state index contributed by atoms with van der Waals surface area (Å²) in [7, 11) is 0. The molecule has 6 rings (SSSR count). The Balaban J connectivity index is 1.18. The number of anilines is 2. The molecule has 3 amide bonds. The second-order valence-electron chi connectivity index (χ2n) is 14.1. The number of alkyl halides is 3. The van der Waals surface area contributed by atoms with Gasteiger partial charge in [-0.2, -0.15) is 13.2 Å². The van der Waals surface area contributed by atoms with Gasteiger partial charge in [-0.3, -0.25) is 14.5 Å². The van der Waals surface area contributed by atoms with E-state index < -0.39 is 40.9 Å². The van der Waals surface area contributed by atoms with E-state index in [9.17, 15) is 27.6 Å². The van der Waals surface area contributed by atoms with Gasteiger partial charge < -0.3 is 30.9 Å². The Bertz CT molecular complexity index is 1570. The Kier molecular flexibility index (Phi) is 10.9. The molecular weight excluding hydrogens is 673 g/mol. The van der Waals surface area contributed by atoms with Gasteiger partial charge in [0.1, 0.15) is 0 Å². The van der Waals surface area contributed by atoms with E-state index in [1.54, 1.807) is 4.90 Å². The van der Waals surface area contributed by atoms with Crippen molar-refractivity contribution >= 4 is 40.9 Å². The second kappa shape index (κ2) is 15.0. The summed E-state index contributed by atoms with van der Waals surface area (Å²) in [5.74, 6) is 0.0414. The Morgan fingerprint density at radius 2 is 1.80 bits per heavy atom. The number of hydrogen-bond donors (Lipinski definition) is 3. The normalized spacial score (nSPS) is 23.3. The van der Waals surface area contributed by atoms with E-state index in [1.807, 2.05) is 24.3 Å². The maximum Gasteiger partial charge on any atom is 0.418 e. The van der Waals surface area contributed by atoms with E-state index >= 15 is 0 Å². The van der Waals surface area contributed by atoms with Crippen molar-refractivity contribution in [2.45, 2.75) is 75.6 Å². The largest absolute Gasteiger partial charge is 0.436 e. The van der Waals surface area contributed by atoms with Crippen molar-refractivity contribution < 1.29 is 32.3 Å². The predicted molar refractivity (Wildman–Crippen MR) is 185 cm³/mol. The number of piperidine rings is 2. The highest BCUT2D eigenvalue weighted by atomic mass is 35.5. The monoisotopic (exact) mass is 718 g/mol. The maximum absolute atomic E-state index is 14.1. The van der Waals surface area contributed by atoms with Crippen molar-refractivity contribution in [1.82, 2.24) is 20.0 Å². The van der Waals surface area contributed by atoms with Crippen molar-refractivity contribution in [3.8, 4) is 0 Å². The topological polar surface area (TPSA) is 120 Å². The minimum absolute atomic E-state index is 0.0773. The van der Waals surface area contributed by atoms with Crippen molar-refractivity contribution in [2.75, 3.05) is 63.4 Å². The number of carbonyl (C=O) groups is 3. The molecule has 2 aromatic rings. The Morgan fingerprint density at radius 1 is 1.08 bits per heavy atom. The number of carbonyl (C=O) groups excluding carboxylic acids is 3. The molecule has 50 heavy (non-hydrogen) atoms. The molecule has 0 aromatic heterocycles. The van der Waals surface area contributed by atoms with Gasteiger partial charge in [0.05, 0.1) is 16.3 Å². The number of benzene rings is 2. The number of fused-ring (bicyclic) bond motifs is 2. The summed E-state index contributed by atoms with van der Waals surface area (Å²) >= 11 is 6.13. The SMILES string of the molecule is CCCC1CCNCC1N1CCN(C(=O)[C@@H](Cc2cc(Cl)c(N)c(C(F)(F)F)c2)OC(=O)N2CCC3(CC2)CC(=O)Nc2ccccc23)CC1. The molecule has 14 heteroatoms. The molecule has 10 nitrogen and oxygen atoms in total. The Labute approximate surface area is 295 Å². The summed E-state index contributed by atoms with van der Waals surface area (Å²) in [6, 6.07) is 10.2. The van der Waals surface area contributed by atoms with Gasteiger partial charge in [-0.25, -0.2) is 4.79 Å². The first kappa shape index (κ1) is 36.2. The average Bonchev–Trinajstić information content (AvgIpc) is 3.09. The van der Waals surface area contributed by atoms with E-state index in [4.69, 9.17) is 22.1 Å². The standard InChI is InChI=1S/C36H46ClF3N6O4/c1-2-5-24-8-11-42-22-29(24)44-14-16-45(17-15-44)33(48)30(20-23-18-26(36(38,39)40)32(41)27(37)19-23)50-34(49)46-12-9-35(10-13-46)21-31(47)43-28-7-4-3-6-25(28)35/h3-4,6-7,18-19,24,29-30,42H,2,5,8-17,20-22,41H2,1H3,(H,43,47)/t24?,29?,30-/m1/s1. The van der Waals surface area contributed by atoms with Crippen molar-refractivity contribution in [3.05, 3.63) is 58.1 Å². The first-order valence-electron chi connectivity index (χ1n) is 17.6. The number of nitrogen functional groups attached to an aromatic ring is 1. The first-order valence-corrected chi connectivity index (χ1v) is 18.0. The predicted octanol–water partition coefficient (Wildman–Crippen LogP) is 5.29. The number of halogens is 4. The van der Waals surface area contributed by atoms with E-state index in [-0.39, 0.29) is 22.9 Å². The smallest absolute Gasteiger partial charge is 0.418 e. The number of likely N-dealkylation sites (tertiary alicyclic amines) is 1. The van der Waals surface area contributed by atoms with Gasteiger partial charge in [0.15, 0.2) is 6.10 Å². The third-order valence-electron chi connectivity index (χ3n) is 11.0. The van der Waals surface area contributed by atoms with E-state index in [0.717, 1.165) is 49.7 Å². The molecule has 272 valence electrons. The lowest BCUT2D eigenvalue weighted by Gasteiger charge is -2.45. The summed E-state index contributed by atoms with van der Waals surface area (Å²) in [5, 5.41) is 6.14. The summed E-state index contributed by atoms with van der Waals surface area (Å²) in [5.41, 5.74) is 5.43. The van der Waals surface area contributed by atoms with E-state index in [2.05, 4.69) is 22.5 Å².